The Hall–Kier alpha value is -2.51. The number of hydrogen-bond donors (Lipinski definition) is 3. The minimum Gasteiger partial charge on any atom is -0.465 e. The first kappa shape index (κ1) is 21.7. The Labute approximate surface area is 194 Å². The largest absolute Gasteiger partial charge is 0.465 e. The third kappa shape index (κ3) is 4.29. The molecule has 2 aromatic heterocycles. The molecule has 0 saturated carbocycles. The molecular formula is C20H18FIN4O4S. The van der Waals surface area contributed by atoms with Crippen LogP contribution in [0.1, 0.15) is 10.4 Å². The summed E-state index contributed by atoms with van der Waals surface area (Å²) in [6, 6.07) is 7.56. The molecule has 8 nitrogen and oxygen atoms in total. The van der Waals surface area contributed by atoms with E-state index in [0.717, 1.165) is 3.57 Å². The van der Waals surface area contributed by atoms with E-state index in [9.17, 15) is 24.2 Å². The van der Waals surface area contributed by atoms with E-state index in [1.54, 1.807) is 30.5 Å². The van der Waals surface area contributed by atoms with Gasteiger partial charge in [-0.3, -0.25) is 4.79 Å². The first-order valence-corrected chi connectivity index (χ1v) is 11.3. The number of rotatable bonds is 4. The van der Waals surface area contributed by atoms with E-state index in [2.05, 4.69) is 10.3 Å². The molecule has 3 heterocycles. The van der Waals surface area contributed by atoms with Crippen LogP contribution in [0.25, 0.3) is 10.2 Å². The summed E-state index contributed by atoms with van der Waals surface area (Å²) in [5.74, 6) is -0.809. The smallest absolute Gasteiger partial charge is 0.407 e. The third-order valence-electron chi connectivity index (χ3n) is 5.08. The molecular weight excluding hydrogens is 538 g/mol. The number of aliphatic hydroxyl groups excluding tert-OH is 1. The van der Waals surface area contributed by atoms with E-state index < -0.39 is 18.0 Å². The minimum absolute atomic E-state index is 0.0202. The van der Waals surface area contributed by atoms with Crippen molar-refractivity contribution in [2.45, 2.75) is 6.04 Å². The molecule has 31 heavy (non-hydrogen) atoms. The first-order chi connectivity index (χ1) is 14.9. The highest BCUT2D eigenvalue weighted by atomic mass is 127. The summed E-state index contributed by atoms with van der Waals surface area (Å²) in [4.78, 5) is 32.4. The van der Waals surface area contributed by atoms with Crippen LogP contribution < -0.4 is 5.32 Å². The molecule has 0 bridgehead atoms. The molecule has 0 unspecified atom stereocenters. The zero-order valence-corrected chi connectivity index (χ0v) is 19.1. The normalized spacial score (nSPS) is 16.5. The Morgan fingerprint density at radius 2 is 2.13 bits per heavy atom. The van der Waals surface area contributed by atoms with E-state index in [4.69, 9.17) is 0 Å². The molecule has 1 aromatic carbocycles. The summed E-state index contributed by atoms with van der Waals surface area (Å²) >= 11 is 3.25. The predicted octanol–water partition coefficient (Wildman–Crippen LogP) is 3.58. The second-order valence-electron chi connectivity index (χ2n) is 6.98. The van der Waals surface area contributed by atoms with Gasteiger partial charge in [-0.25, -0.2) is 14.2 Å². The minimum atomic E-state index is -1.09. The zero-order chi connectivity index (χ0) is 22.1. The average Bonchev–Trinajstić information content (AvgIpc) is 3.12. The van der Waals surface area contributed by atoms with Crippen LogP contribution in [-0.4, -0.2) is 69.3 Å². The van der Waals surface area contributed by atoms with Crippen molar-refractivity contribution in [2.24, 2.45) is 0 Å². The lowest BCUT2D eigenvalue weighted by molar-refractivity contribution is 0.0312. The zero-order valence-electron chi connectivity index (χ0n) is 16.1. The van der Waals surface area contributed by atoms with Crippen LogP contribution in [0.3, 0.4) is 0 Å². The van der Waals surface area contributed by atoms with Crippen molar-refractivity contribution >= 4 is 66.8 Å². The summed E-state index contributed by atoms with van der Waals surface area (Å²) < 4.78 is 15.2. The number of aromatic nitrogens is 1. The van der Waals surface area contributed by atoms with Crippen LogP contribution in [0.15, 0.2) is 36.5 Å². The van der Waals surface area contributed by atoms with E-state index >= 15 is 0 Å². The number of amides is 2. The Bertz CT molecular complexity index is 1160. The fourth-order valence-electron chi connectivity index (χ4n) is 3.54. The van der Waals surface area contributed by atoms with Crippen LogP contribution >= 0.6 is 33.9 Å². The SMILES string of the molecule is O=C(O)N1CCN(C(=O)c2c(Nc3ccc(I)cc3F)sc3ncccc23)[C@@H](CO)C1. The highest BCUT2D eigenvalue weighted by molar-refractivity contribution is 14.1. The van der Waals surface area contributed by atoms with Gasteiger partial charge in [0.15, 0.2) is 0 Å². The Morgan fingerprint density at radius 3 is 2.84 bits per heavy atom. The topological polar surface area (TPSA) is 106 Å². The van der Waals surface area contributed by atoms with Gasteiger partial charge >= 0.3 is 6.09 Å². The second kappa shape index (κ2) is 8.93. The van der Waals surface area contributed by atoms with Gasteiger partial charge in [-0.1, -0.05) is 11.3 Å². The highest BCUT2D eigenvalue weighted by Crippen LogP contribution is 2.38. The van der Waals surface area contributed by atoms with E-state index in [1.165, 1.54) is 27.2 Å². The lowest BCUT2D eigenvalue weighted by Gasteiger charge is -2.39. The number of piperazine rings is 1. The van der Waals surface area contributed by atoms with Crippen LogP contribution in [0.2, 0.25) is 0 Å². The van der Waals surface area contributed by atoms with Crippen LogP contribution in [0.5, 0.6) is 0 Å². The number of carbonyl (C=O) groups is 2. The lowest BCUT2D eigenvalue weighted by Crippen LogP contribution is -2.57. The molecule has 3 N–H and O–H groups in total. The van der Waals surface area contributed by atoms with Crippen molar-refractivity contribution < 1.29 is 24.2 Å². The molecule has 1 atom stereocenters. The Morgan fingerprint density at radius 1 is 1.32 bits per heavy atom. The Kier molecular flexibility index (Phi) is 6.25. The number of benzene rings is 1. The Balaban J connectivity index is 1.73. The fourth-order valence-corrected chi connectivity index (χ4v) is 5.04. The van der Waals surface area contributed by atoms with Crippen molar-refractivity contribution in [3.05, 3.63) is 51.5 Å². The predicted molar refractivity (Wildman–Crippen MR) is 124 cm³/mol. The average molecular weight is 556 g/mol. The maximum atomic E-state index is 14.4. The van der Waals surface area contributed by atoms with Gasteiger partial charge < -0.3 is 25.3 Å². The van der Waals surface area contributed by atoms with Crippen LogP contribution in [-0.2, 0) is 0 Å². The van der Waals surface area contributed by atoms with Gasteiger partial charge in [0.1, 0.15) is 15.6 Å². The van der Waals surface area contributed by atoms with Gasteiger partial charge in [-0.05, 0) is 52.9 Å². The van der Waals surface area contributed by atoms with Gasteiger partial charge in [0.25, 0.3) is 5.91 Å². The number of anilines is 2. The number of fused-ring (bicyclic) bond motifs is 1. The van der Waals surface area contributed by atoms with Gasteiger partial charge in [0, 0.05) is 34.8 Å². The standard InChI is InChI=1S/C20H18FIN4O4S/c21-14-8-11(22)3-4-15(14)24-18-16(13-2-1-5-23-17(13)31-18)19(28)26-7-6-25(20(29)30)9-12(26)10-27/h1-5,8,12,24,27H,6-7,9-10H2,(H,29,30)/t12-/m1/s1. The molecule has 4 rings (SSSR count). The van der Waals surface area contributed by atoms with Crippen LogP contribution in [0.4, 0.5) is 19.9 Å². The molecule has 0 spiro atoms. The molecule has 0 radical (unpaired) electrons. The summed E-state index contributed by atoms with van der Waals surface area (Å²) in [7, 11) is 0. The molecule has 1 fully saturated rings. The summed E-state index contributed by atoms with van der Waals surface area (Å²) in [6.45, 7) is -0.0611. The second-order valence-corrected chi connectivity index (χ2v) is 9.22. The van der Waals surface area contributed by atoms with Gasteiger partial charge in [0.05, 0.1) is 23.9 Å². The molecule has 3 aromatic rings. The number of nitrogens with zero attached hydrogens (tertiary/aromatic N) is 3. The number of nitrogens with one attached hydrogen (secondary N) is 1. The van der Waals surface area contributed by atoms with Gasteiger partial charge in [0.2, 0.25) is 0 Å². The van der Waals surface area contributed by atoms with Crippen molar-refractivity contribution in [1.29, 1.82) is 0 Å². The highest BCUT2D eigenvalue weighted by Gasteiger charge is 2.35. The summed E-state index contributed by atoms with van der Waals surface area (Å²) in [5, 5.41) is 23.1. The third-order valence-corrected chi connectivity index (χ3v) is 6.78. The first-order valence-electron chi connectivity index (χ1n) is 9.38. The number of thiophene rings is 1. The number of halogens is 2. The van der Waals surface area contributed by atoms with Gasteiger partial charge in [-0.2, -0.15) is 0 Å². The van der Waals surface area contributed by atoms with E-state index in [0.29, 0.717) is 20.8 Å². The van der Waals surface area contributed by atoms with Crippen molar-refractivity contribution in [1.82, 2.24) is 14.8 Å². The number of pyridine rings is 1. The molecule has 1 aliphatic rings. The van der Waals surface area contributed by atoms with Crippen molar-refractivity contribution in [2.75, 3.05) is 31.6 Å². The number of aliphatic hydroxyl groups is 1. The maximum Gasteiger partial charge on any atom is 0.407 e. The number of carboxylic acid groups (broad SMARTS) is 1. The molecule has 1 aliphatic heterocycles. The lowest BCUT2D eigenvalue weighted by atomic mass is 10.1. The monoisotopic (exact) mass is 556 g/mol. The fraction of sp³-hybridized carbons (Fsp3) is 0.250. The summed E-state index contributed by atoms with van der Waals surface area (Å²) in [6.07, 6.45) is 0.525. The maximum absolute atomic E-state index is 14.4. The van der Waals surface area contributed by atoms with Crippen LogP contribution in [0, 0.1) is 9.39 Å². The molecule has 162 valence electrons. The molecule has 2 amide bonds. The van der Waals surface area contributed by atoms with Gasteiger partial charge in [-0.15, -0.1) is 0 Å². The molecule has 1 saturated heterocycles. The quantitative estimate of drug-likeness (QED) is 0.425. The van der Waals surface area contributed by atoms with Crippen molar-refractivity contribution in [3.63, 3.8) is 0 Å². The summed E-state index contributed by atoms with van der Waals surface area (Å²) in [5.41, 5.74) is 0.559. The number of hydrogen-bond acceptors (Lipinski definition) is 6. The van der Waals surface area contributed by atoms with E-state index in [1.807, 2.05) is 22.6 Å². The molecule has 11 heteroatoms. The van der Waals surface area contributed by atoms with E-state index in [-0.39, 0.29) is 37.8 Å². The molecule has 0 aliphatic carbocycles. The van der Waals surface area contributed by atoms with Crippen molar-refractivity contribution in [3.8, 4) is 0 Å². The number of carbonyl (C=O) groups excluding carboxylic acids is 1.